The van der Waals surface area contributed by atoms with Crippen molar-refractivity contribution in [1.29, 1.82) is 0 Å². The Morgan fingerprint density at radius 3 is 1.77 bits per heavy atom. The lowest BCUT2D eigenvalue weighted by Crippen LogP contribution is -2.50. The van der Waals surface area contributed by atoms with Crippen molar-refractivity contribution in [2.45, 2.75) is 148 Å². The maximum Gasteiger partial charge on any atom is 0.267 e. The van der Waals surface area contributed by atoms with Crippen LogP contribution in [0.5, 0.6) is 0 Å². The molecule has 8 heteroatoms. The SMILES string of the molecule is CCCC/C=C\CCCCCCC(O)C(=O)NC(CS(=O)(=O)O)C(O)/C=C/CC/C=C/CCCCCCCC. The van der Waals surface area contributed by atoms with Crippen LogP contribution in [0.15, 0.2) is 36.5 Å². The first kappa shape index (κ1) is 37.5. The molecule has 0 fully saturated rings. The molecule has 0 radical (unpaired) electrons. The van der Waals surface area contributed by atoms with Gasteiger partial charge in [-0.05, 0) is 51.4 Å². The van der Waals surface area contributed by atoms with Crippen molar-refractivity contribution in [1.82, 2.24) is 5.32 Å². The van der Waals surface area contributed by atoms with E-state index in [1.807, 2.05) is 0 Å². The van der Waals surface area contributed by atoms with Gasteiger partial charge in [0.25, 0.3) is 10.1 Å². The molecule has 0 saturated heterocycles. The normalized spacial score (nSPS) is 14.9. The van der Waals surface area contributed by atoms with Crippen molar-refractivity contribution in [3.63, 3.8) is 0 Å². The number of amides is 1. The van der Waals surface area contributed by atoms with E-state index in [-0.39, 0.29) is 6.42 Å². The van der Waals surface area contributed by atoms with Gasteiger partial charge in [-0.25, -0.2) is 0 Å². The summed E-state index contributed by atoms with van der Waals surface area (Å²) >= 11 is 0. The maximum atomic E-state index is 12.4. The molecular formula is C31H57NO6S. The van der Waals surface area contributed by atoms with E-state index in [2.05, 4.69) is 43.5 Å². The van der Waals surface area contributed by atoms with Gasteiger partial charge in [0.15, 0.2) is 0 Å². The van der Waals surface area contributed by atoms with Crippen LogP contribution in [0.2, 0.25) is 0 Å². The van der Waals surface area contributed by atoms with E-state index in [0.717, 1.165) is 44.9 Å². The Hall–Kier alpha value is -1.48. The van der Waals surface area contributed by atoms with Gasteiger partial charge < -0.3 is 15.5 Å². The monoisotopic (exact) mass is 571 g/mol. The highest BCUT2D eigenvalue weighted by atomic mass is 32.2. The molecule has 0 heterocycles. The minimum atomic E-state index is -4.44. The molecule has 1 amide bonds. The second-order valence-corrected chi connectivity index (χ2v) is 12.0. The van der Waals surface area contributed by atoms with Gasteiger partial charge in [-0.15, -0.1) is 0 Å². The third kappa shape index (κ3) is 25.2. The molecule has 0 aliphatic heterocycles. The molecule has 3 atom stereocenters. The van der Waals surface area contributed by atoms with Crippen molar-refractivity contribution in [2.24, 2.45) is 0 Å². The van der Waals surface area contributed by atoms with Gasteiger partial charge in [-0.2, -0.15) is 8.42 Å². The largest absolute Gasteiger partial charge is 0.387 e. The van der Waals surface area contributed by atoms with Crippen molar-refractivity contribution >= 4 is 16.0 Å². The molecule has 0 aliphatic carbocycles. The predicted molar refractivity (Wildman–Crippen MR) is 162 cm³/mol. The molecule has 0 spiro atoms. The number of carbonyl (C=O) groups is 1. The molecule has 0 aromatic rings. The Morgan fingerprint density at radius 2 is 1.18 bits per heavy atom. The van der Waals surface area contributed by atoms with E-state index < -0.39 is 40.0 Å². The number of unbranched alkanes of at least 4 members (excludes halogenated alkanes) is 13. The summed E-state index contributed by atoms with van der Waals surface area (Å²) < 4.78 is 32.1. The molecule has 0 aromatic carbocycles. The number of aliphatic hydroxyl groups is 2. The minimum absolute atomic E-state index is 0.258. The number of hydrogen-bond acceptors (Lipinski definition) is 5. The van der Waals surface area contributed by atoms with Crippen LogP contribution in [0.1, 0.15) is 129 Å². The Kier molecular flexibility index (Phi) is 24.5. The Balaban J connectivity index is 4.36. The highest BCUT2D eigenvalue weighted by molar-refractivity contribution is 7.85. The van der Waals surface area contributed by atoms with E-state index in [1.54, 1.807) is 6.08 Å². The van der Waals surface area contributed by atoms with E-state index in [1.165, 1.54) is 57.4 Å². The number of aliphatic hydroxyl groups excluding tert-OH is 2. The van der Waals surface area contributed by atoms with E-state index in [4.69, 9.17) is 0 Å². The quantitative estimate of drug-likeness (QED) is 0.0514. The Morgan fingerprint density at radius 1 is 0.692 bits per heavy atom. The topological polar surface area (TPSA) is 124 Å². The highest BCUT2D eigenvalue weighted by Crippen LogP contribution is 2.11. The average Bonchev–Trinajstić information content (AvgIpc) is 2.88. The summed E-state index contributed by atoms with van der Waals surface area (Å²) in [6.07, 6.45) is 27.8. The van der Waals surface area contributed by atoms with Gasteiger partial charge in [-0.3, -0.25) is 9.35 Å². The summed E-state index contributed by atoms with van der Waals surface area (Å²) in [4.78, 5) is 12.4. The highest BCUT2D eigenvalue weighted by Gasteiger charge is 2.27. The van der Waals surface area contributed by atoms with E-state index in [9.17, 15) is 28.0 Å². The van der Waals surface area contributed by atoms with Crippen molar-refractivity contribution in [2.75, 3.05) is 5.75 Å². The van der Waals surface area contributed by atoms with Crippen LogP contribution in [0.4, 0.5) is 0 Å². The molecule has 0 bridgehead atoms. The average molecular weight is 572 g/mol. The zero-order valence-electron chi connectivity index (χ0n) is 24.6. The Bertz CT molecular complexity index is 778. The van der Waals surface area contributed by atoms with Crippen molar-refractivity contribution < 1.29 is 28.0 Å². The fraction of sp³-hybridized carbons (Fsp3) is 0.774. The molecule has 0 aromatic heterocycles. The molecule has 7 nitrogen and oxygen atoms in total. The number of rotatable bonds is 26. The van der Waals surface area contributed by atoms with Crippen LogP contribution >= 0.6 is 0 Å². The van der Waals surface area contributed by atoms with Gasteiger partial charge in [0.2, 0.25) is 5.91 Å². The zero-order chi connectivity index (χ0) is 29.2. The fourth-order valence-electron chi connectivity index (χ4n) is 4.21. The van der Waals surface area contributed by atoms with Gasteiger partial charge >= 0.3 is 0 Å². The van der Waals surface area contributed by atoms with Crippen LogP contribution in [0, 0.1) is 0 Å². The van der Waals surface area contributed by atoms with Crippen LogP contribution in [-0.4, -0.2) is 53.1 Å². The lowest BCUT2D eigenvalue weighted by molar-refractivity contribution is -0.130. The second-order valence-electron chi connectivity index (χ2n) is 10.5. The molecule has 0 saturated carbocycles. The standard InChI is InChI=1S/C31H57NO6S/c1-3-5-7-9-11-13-15-16-18-19-21-23-25-29(33)28(27-39(36,37)38)32-31(35)30(34)26-24-22-20-17-14-12-10-8-6-4-2/h10,12,16,18,23,25,28-30,33-34H,3-9,11,13-15,17,19-22,24,26-27H2,1-2H3,(H,32,35)(H,36,37,38)/b12-10-,18-16+,25-23+. The summed E-state index contributed by atoms with van der Waals surface area (Å²) in [5, 5.41) is 23.1. The third-order valence-corrected chi connectivity index (χ3v) is 7.43. The molecule has 228 valence electrons. The van der Waals surface area contributed by atoms with Crippen LogP contribution in [0.25, 0.3) is 0 Å². The molecule has 39 heavy (non-hydrogen) atoms. The van der Waals surface area contributed by atoms with E-state index >= 15 is 0 Å². The second kappa shape index (κ2) is 25.5. The first-order chi connectivity index (χ1) is 18.7. The Labute approximate surface area is 239 Å². The van der Waals surface area contributed by atoms with Crippen LogP contribution in [0.3, 0.4) is 0 Å². The lowest BCUT2D eigenvalue weighted by atomic mass is 10.1. The van der Waals surface area contributed by atoms with Crippen LogP contribution in [-0.2, 0) is 14.9 Å². The first-order valence-electron chi connectivity index (χ1n) is 15.3. The maximum absolute atomic E-state index is 12.4. The number of nitrogens with one attached hydrogen (secondary N) is 1. The number of allylic oxidation sites excluding steroid dienone is 5. The molecular weight excluding hydrogens is 514 g/mol. The molecule has 3 unspecified atom stereocenters. The van der Waals surface area contributed by atoms with Gasteiger partial charge in [-0.1, -0.05) is 115 Å². The van der Waals surface area contributed by atoms with Crippen LogP contribution < -0.4 is 5.32 Å². The van der Waals surface area contributed by atoms with Crippen molar-refractivity contribution in [3.05, 3.63) is 36.5 Å². The summed E-state index contributed by atoms with van der Waals surface area (Å²) in [6, 6.07) is -1.25. The summed E-state index contributed by atoms with van der Waals surface area (Å²) in [5.74, 6) is -1.58. The fourth-order valence-corrected chi connectivity index (χ4v) is 4.95. The summed E-state index contributed by atoms with van der Waals surface area (Å²) in [6.45, 7) is 4.39. The minimum Gasteiger partial charge on any atom is -0.387 e. The molecule has 0 rings (SSSR count). The smallest absolute Gasteiger partial charge is 0.267 e. The van der Waals surface area contributed by atoms with Gasteiger partial charge in [0.05, 0.1) is 17.9 Å². The summed E-state index contributed by atoms with van der Waals surface area (Å²) in [5.41, 5.74) is 0. The zero-order valence-corrected chi connectivity index (χ0v) is 25.4. The predicted octanol–water partition coefficient (Wildman–Crippen LogP) is 6.81. The third-order valence-electron chi connectivity index (χ3n) is 6.65. The lowest BCUT2D eigenvalue weighted by Gasteiger charge is -2.22. The number of hydrogen-bond donors (Lipinski definition) is 4. The molecule has 4 N–H and O–H groups in total. The summed E-state index contributed by atoms with van der Waals surface area (Å²) in [7, 11) is -4.44. The molecule has 0 aliphatic rings. The van der Waals surface area contributed by atoms with E-state index in [0.29, 0.717) is 12.8 Å². The van der Waals surface area contributed by atoms with Gasteiger partial charge in [0, 0.05) is 0 Å². The first-order valence-corrected chi connectivity index (χ1v) is 16.9. The van der Waals surface area contributed by atoms with Gasteiger partial charge in [0.1, 0.15) is 6.10 Å². The number of carbonyl (C=O) groups excluding carboxylic acids is 1. The van der Waals surface area contributed by atoms with Crippen molar-refractivity contribution in [3.8, 4) is 0 Å².